The molecule has 592 valence electrons. The van der Waals surface area contributed by atoms with Gasteiger partial charge in [0, 0.05) is 86.9 Å². The van der Waals surface area contributed by atoms with Crippen LogP contribution in [0, 0.1) is 23.3 Å². The fraction of sp³-hybridized carbons (Fsp3) is 0.380. The van der Waals surface area contributed by atoms with Gasteiger partial charge < -0.3 is 55.1 Å². The number of anilines is 3. The second-order valence-electron chi connectivity index (χ2n) is 29.6. The van der Waals surface area contributed by atoms with Crippen LogP contribution in [0.5, 0.6) is 0 Å². The van der Waals surface area contributed by atoms with Crippen LogP contribution in [0.2, 0.25) is 0 Å². The molecule has 0 bridgehead atoms. The quantitative estimate of drug-likeness (QED) is 0.0405. The van der Waals surface area contributed by atoms with Gasteiger partial charge in [-0.1, -0.05) is 49.0 Å². The van der Waals surface area contributed by atoms with E-state index >= 15 is 0 Å². The fourth-order valence-electron chi connectivity index (χ4n) is 9.46. The minimum absolute atomic E-state index is 0. The molecule has 0 unspecified atom stereocenters. The lowest BCUT2D eigenvalue weighted by Gasteiger charge is -2.32. The molecular weight excluding hydrogens is 1620 g/mol. The molecule has 0 saturated carbocycles. The molecule has 7 N–H and O–H groups in total. The third-order valence-corrected chi connectivity index (χ3v) is 18.1. The average molecular weight is 1720 g/mol. The van der Waals surface area contributed by atoms with Crippen molar-refractivity contribution in [2.24, 2.45) is 0 Å². The van der Waals surface area contributed by atoms with Crippen molar-refractivity contribution >= 4 is 114 Å². The molecule has 5 aromatic heterocycles. The van der Waals surface area contributed by atoms with E-state index in [0.717, 1.165) is 44.7 Å². The van der Waals surface area contributed by atoms with E-state index in [9.17, 15) is 36.7 Å². The summed E-state index contributed by atoms with van der Waals surface area (Å²) in [7, 11) is -0.965. The van der Waals surface area contributed by atoms with E-state index in [2.05, 4.69) is 108 Å². The topological polar surface area (TPSA) is 305 Å². The summed E-state index contributed by atoms with van der Waals surface area (Å²) in [6, 6.07) is 23.9. The number of hydrogen-bond acceptors (Lipinski definition) is 19. The van der Waals surface area contributed by atoms with Crippen molar-refractivity contribution < 1.29 is 74.7 Å². The van der Waals surface area contributed by atoms with Crippen LogP contribution in [0.3, 0.4) is 0 Å². The second kappa shape index (κ2) is 38.4. The van der Waals surface area contributed by atoms with Crippen molar-refractivity contribution in [3.63, 3.8) is 0 Å². The Kier molecular flexibility index (Phi) is 32.6. The lowest BCUT2D eigenvalue weighted by molar-refractivity contribution is 0.00518. The zero-order chi connectivity index (χ0) is 81.0. The molecule has 0 spiro atoms. The molecule has 7 heterocycles. The number of nitrogen functional groups attached to an aromatic ring is 3. The van der Waals surface area contributed by atoms with Gasteiger partial charge in [0.25, 0.3) is 0 Å². The molecule has 0 atom stereocenters. The molecule has 22 nitrogen and oxygen atoms in total. The largest absolute Gasteiger partial charge is 0.498 e. The van der Waals surface area contributed by atoms with E-state index < -0.39 is 82.3 Å². The SMILES string of the molecule is C.C.CC(C)(C)OC(=O)c1ccc(-c2cc(Br)cnc2N)cc1F.CC(C)(C)OC(=O)c1ccc(B2OC(C)(C)C(C)(C)O2)cc1F.CCn1cc(-c2cnc(N)c(-c3ccc(C(=O)OC(C)(C)C)c(F)c3)c2)cn1.CCn1cc(B2OC(C)(C)C(C)(C)O2)cn1.Nc1ncccc1Br.O=C(O)c1ccc(Br)cc1F. The minimum Gasteiger partial charge on any atom is -0.478 e. The van der Waals surface area contributed by atoms with Crippen molar-refractivity contribution in [3.8, 4) is 33.4 Å². The Bertz CT molecular complexity index is 4630. The maximum absolute atomic E-state index is 14.6. The van der Waals surface area contributed by atoms with Crippen molar-refractivity contribution in [1.82, 2.24) is 34.5 Å². The number of carboxylic acid groups (broad SMARTS) is 1. The lowest BCUT2D eigenvalue weighted by Crippen LogP contribution is -2.41. The first-order valence-corrected chi connectivity index (χ1v) is 36.4. The summed E-state index contributed by atoms with van der Waals surface area (Å²) in [6.45, 7) is 37.2. The van der Waals surface area contributed by atoms with Gasteiger partial charge in [-0.05, 0) is 259 Å². The number of aryl methyl sites for hydroxylation is 2. The number of rotatable bonds is 11. The molecule has 2 saturated heterocycles. The summed E-state index contributed by atoms with van der Waals surface area (Å²) in [5, 5.41) is 16.9. The van der Waals surface area contributed by atoms with Crippen molar-refractivity contribution in [2.75, 3.05) is 17.2 Å². The first-order valence-electron chi connectivity index (χ1n) is 34.0. The highest BCUT2D eigenvalue weighted by Crippen LogP contribution is 2.39. The zero-order valence-corrected chi connectivity index (χ0v) is 68.6. The summed E-state index contributed by atoms with van der Waals surface area (Å²) in [6.07, 6.45) is 12.3. The second-order valence-corrected chi connectivity index (χ2v) is 32.3. The maximum atomic E-state index is 14.6. The van der Waals surface area contributed by atoms with Gasteiger partial charge in [-0.2, -0.15) is 10.2 Å². The number of hydrogen-bond donors (Lipinski definition) is 4. The van der Waals surface area contributed by atoms with E-state index in [1.165, 1.54) is 48.5 Å². The predicted molar refractivity (Wildman–Crippen MR) is 435 cm³/mol. The number of carbonyl (C=O) groups is 4. The van der Waals surface area contributed by atoms with Gasteiger partial charge in [-0.25, -0.2) is 51.7 Å². The van der Waals surface area contributed by atoms with E-state index in [1.807, 2.05) is 76.1 Å². The highest BCUT2D eigenvalue weighted by molar-refractivity contribution is 9.11. The average Bonchev–Trinajstić information content (AvgIpc) is 1.61. The van der Waals surface area contributed by atoms with Gasteiger partial charge in [0.1, 0.15) is 57.5 Å². The predicted octanol–water partition coefficient (Wildman–Crippen LogP) is 17.8. The van der Waals surface area contributed by atoms with Gasteiger partial charge >= 0.3 is 38.1 Å². The van der Waals surface area contributed by atoms with Gasteiger partial charge in [-0.15, -0.1) is 0 Å². The summed E-state index contributed by atoms with van der Waals surface area (Å²) < 4.78 is 101. The fourth-order valence-corrected chi connectivity index (χ4v) is 10.4. The number of halogens is 7. The summed E-state index contributed by atoms with van der Waals surface area (Å²) in [4.78, 5) is 58.4. The molecule has 2 fully saturated rings. The normalized spacial score (nSPS) is 14.2. The number of benzene rings is 4. The van der Waals surface area contributed by atoms with Crippen LogP contribution in [-0.2, 0) is 45.9 Å². The number of pyridine rings is 3. The Balaban J connectivity index is 0.000000288. The minimum atomic E-state index is -1.25. The van der Waals surface area contributed by atoms with Gasteiger partial charge in [0.15, 0.2) is 0 Å². The van der Waals surface area contributed by atoms with E-state index in [4.69, 9.17) is 55.1 Å². The number of aromatic nitrogens is 7. The van der Waals surface area contributed by atoms with Crippen LogP contribution in [0.15, 0.2) is 154 Å². The van der Waals surface area contributed by atoms with E-state index in [0.29, 0.717) is 38.0 Å². The highest BCUT2D eigenvalue weighted by Gasteiger charge is 2.53. The van der Waals surface area contributed by atoms with Gasteiger partial charge in [0.2, 0.25) is 0 Å². The van der Waals surface area contributed by atoms with Crippen LogP contribution < -0.4 is 28.1 Å². The van der Waals surface area contributed by atoms with Crippen LogP contribution >= 0.6 is 47.8 Å². The number of nitrogens with zero attached hydrogens (tertiary/aromatic N) is 7. The molecule has 11 rings (SSSR count). The van der Waals surface area contributed by atoms with Crippen molar-refractivity contribution in [3.05, 3.63) is 199 Å². The smallest absolute Gasteiger partial charge is 0.478 e. The van der Waals surface area contributed by atoms with Crippen LogP contribution in [0.1, 0.15) is 188 Å². The Morgan fingerprint density at radius 2 is 0.864 bits per heavy atom. The molecule has 31 heteroatoms. The molecule has 110 heavy (non-hydrogen) atoms. The number of esters is 3. The molecular formula is C79H99B2Br3F4N10O12. The molecule has 9 aromatic rings. The summed E-state index contributed by atoms with van der Waals surface area (Å²) >= 11 is 9.52. The monoisotopic (exact) mass is 1710 g/mol. The van der Waals surface area contributed by atoms with Crippen LogP contribution in [0.4, 0.5) is 35.0 Å². The molecule has 0 aliphatic carbocycles. The third-order valence-electron chi connectivity index (χ3n) is 16.5. The molecule has 0 radical (unpaired) electrons. The highest BCUT2D eigenvalue weighted by atomic mass is 79.9. The first kappa shape index (κ1) is 93.5. The van der Waals surface area contributed by atoms with Gasteiger partial charge in [-0.3, -0.25) is 9.36 Å². The van der Waals surface area contributed by atoms with Crippen LogP contribution in [-0.4, -0.2) is 117 Å². The zero-order valence-electron chi connectivity index (χ0n) is 63.8. The molecule has 0 amide bonds. The molecule has 2 aliphatic heterocycles. The number of carboxylic acids is 1. The number of carbonyl (C=O) groups excluding carboxylic acids is 3. The first-order chi connectivity index (χ1) is 49.9. The molecule has 4 aromatic carbocycles. The maximum Gasteiger partial charge on any atom is 0.498 e. The summed E-state index contributed by atoms with van der Waals surface area (Å²) in [5.41, 5.74) is 18.4. The van der Waals surface area contributed by atoms with Crippen LogP contribution in [0.25, 0.3) is 33.4 Å². The Morgan fingerprint density at radius 1 is 0.464 bits per heavy atom. The summed E-state index contributed by atoms with van der Waals surface area (Å²) in [5.74, 6) is -4.96. The van der Waals surface area contributed by atoms with Crippen molar-refractivity contribution in [2.45, 2.75) is 199 Å². The third kappa shape index (κ3) is 26.1. The van der Waals surface area contributed by atoms with Gasteiger partial charge in [0.05, 0.1) is 55.3 Å². The van der Waals surface area contributed by atoms with E-state index in [-0.39, 0.29) is 67.1 Å². The Morgan fingerprint density at radius 3 is 1.25 bits per heavy atom. The molecule has 2 aliphatic rings. The number of nitrogens with two attached hydrogens (primary N) is 3. The lowest BCUT2D eigenvalue weighted by atomic mass is 9.78. The number of aromatic carboxylic acids is 1. The van der Waals surface area contributed by atoms with Crippen molar-refractivity contribution in [1.29, 1.82) is 0 Å². The Hall–Kier alpha value is -8.84. The number of ether oxygens (including phenoxy) is 3. The standard InChI is InChI=1S/C21H23FN4O2.C17H24BFO4.C16H16BrFN2O2.C11H19BN2O2.C7H4BrFO2.C5H5BrN2.2CH4/c1-5-26-12-15(11-25-26)14-8-17(19(23)24-10-14)13-6-7-16(18(22)9-13)20(27)28-21(2,3)4;1-15(2,3)21-14(20)12-9-8-11(10-13(12)19)18-22-16(4,5)17(6,7)23-18;1-16(2,3)22-15(21)11-5-4-9(6-13(11)18)12-7-10(17)8-20-14(12)19;1-6-14-8-9(7-13-14)12-15-10(2,3)11(4,5)16-12;8-4-1-2-5(7(10)11)6(9)3-4;6-4-2-1-3-8-5(4)7;;/h6-12H,5H2,1-4H3,(H2,23,24);8-10H,1-7H3;4-8H,1-3H3,(H2,19,20);7-8H,6H2,1-5H3;1-3H,(H,10,11);1-3H,(H2,7,8);2*1H4. The van der Waals surface area contributed by atoms with E-state index in [1.54, 1.807) is 116 Å². The Labute approximate surface area is 668 Å².